The Morgan fingerprint density at radius 3 is 2.74 bits per heavy atom. The number of fused-ring (bicyclic) bond motifs is 1. The zero-order valence-corrected chi connectivity index (χ0v) is 18.2. The van der Waals surface area contributed by atoms with Crippen molar-refractivity contribution in [2.45, 2.75) is 26.8 Å². The summed E-state index contributed by atoms with van der Waals surface area (Å²) < 4.78 is 0. The summed E-state index contributed by atoms with van der Waals surface area (Å²) in [7, 11) is 1.82. The highest BCUT2D eigenvalue weighted by Crippen LogP contribution is 2.30. The number of hydrogen-bond acceptors (Lipinski definition) is 7. The van der Waals surface area contributed by atoms with Crippen LogP contribution in [-0.2, 0) is 4.79 Å². The first-order chi connectivity index (χ1) is 14.9. The van der Waals surface area contributed by atoms with Crippen LogP contribution >= 0.6 is 0 Å². The van der Waals surface area contributed by atoms with Crippen LogP contribution < -0.4 is 10.2 Å². The van der Waals surface area contributed by atoms with Crippen LogP contribution in [0.5, 0.6) is 0 Å². The molecule has 0 saturated carbocycles. The number of nitrogens with zero attached hydrogens (tertiary/aromatic N) is 6. The summed E-state index contributed by atoms with van der Waals surface area (Å²) in [6.45, 7) is 7.62. The Kier molecular flexibility index (Phi) is 5.42. The number of carbonyl (C=O) groups excluding carboxylic acids is 1. The zero-order valence-electron chi connectivity index (χ0n) is 18.2. The highest BCUT2D eigenvalue weighted by Gasteiger charge is 2.23. The van der Waals surface area contributed by atoms with E-state index in [1.165, 1.54) is 0 Å². The largest absolute Gasteiger partial charge is 0.362 e. The van der Waals surface area contributed by atoms with Crippen molar-refractivity contribution in [1.29, 1.82) is 5.26 Å². The molecule has 1 amide bonds. The Morgan fingerprint density at radius 1 is 1.19 bits per heavy atom. The molecule has 31 heavy (non-hydrogen) atoms. The zero-order chi connectivity index (χ0) is 22.1. The van der Waals surface area contributed by atoms with Gasteiger partial charge >= 0.3 is 0 Å². The normalized spacial score (nSPS) is 15.1. The van der Waals surface area contributed by atoms with Gasteiger partial charge in [-0.1, -0.05) is 12.1 Å². The molecule has 8 heteroatoms. The van der Waals surface area contributed by atoms with E-state index in [4.69, 9.17) is 0 Å². The van der Waals surface area contributed by atoms with Crippen LogP contribution in [0, 0.1) is 25.2 Å². The molecule has 8 nitrogen and oxygen atoms in total. The van der Waals surface area contributed by atoms with Gasteiger partial charge in [0.25, 0.3) is 0 Å². The molecular formula is C23H25N7O. The standard InChI is InChI=1S/C23H25N7O/c1-14-17(11-24)6-5-7-18(14)15(2)26-23-19-10-21(25-12-20(19)16(3)27-28-23)30-9-8-29(4)22(31)13-30/h5-7,10,12,15H,8-9,13H2,1-4H3,(H,26,28)/t15-/m1/s1. The Hall–Kier alpha value is -3.73. The minimum absolute atomic E-state index is 0.0738. The first-order valence-corrected chi connectivity index (χ1v) is 10.3. The lowest BCUT2D eigenvalue weighted by molar-refractivity contribution is -0.129. The Labute approximate surface area is 181 Å². The average Bonchev–Trinajstić information content (AvgIpc) is 2.77. The van der Waals surface area contributed by atoms with E-state index in [9.17, 15) is 10.1 Å². The molecule has 1 N–H and O–H groups in total. The van der Waals surface area contributed by atoms with E-state index in [1.54, 1.807) is 11.1 Å². The molecule has 1 fully saturated rings. The van der Waals surface area contributed by atoms with Gasteiger partial charge in [-0.2, -0.15) is 10.4 Å². The van der Waals surface area contributed by atoms with Gasteiger partial charge in [0.2, 0.25) is 5.91 Å². The fourth-order valence-corrected chi connectivity index (χ4v) is 3.92. The lowest BCUT2D eigenvalue weighted by atomic mass is 9.98. The molecule has 1 aliphatic rings. The summed E-state index contributed by atoms with van der Waals surface area (Å²) in [4.78, 5) is 20.5. The molecule has 3 aromatic rings. The van der Waals surface area contributed by atoms with Gasteiger partial charge in [-0.3, -0.25) is 4.79 Å². The van der Waals surface area contributed by atoms with E-state index >= 15 is 0 Å². The third kappa shape index (κ3) is 3.87. The molecule has 3 heterocycles. The number of anilines is 2. The van der Waals surface area contributed by atoms with E-state index < -0.39 is 0 Å². The van der Waals surface area contributed by atoms with Crippen LogP contribution in [0.4, 0.5) is 11.6 Å². The number of pyridine rings is 1. The quantitative estimate of drug-likeness (QED) is 0.699. The number of amides is 1. The van der Waals surface area contributed by atoms with Crippen LogP contribution in [0.1, 0.15) is 35.3 Å². The van der Waals surface area contributed by atoms with Crippen LogP contribution in [0.15, 0.2) is 30.5 Å². The third-order valence-electron chi connectivity index (χ3n) is 5.93. The molecule has 158 valence electrons. The second kappa shape index (κ2) is 8.19. The predicted octanol–water partition coefficient (Wildman–Crippen LogP) is 2.96. The molecule has 1 atom stereocenters. The van der Waals surface area contributed by atoms with Crippen LogP contribution in [0.3, 0.4) is 0 Å². The highest BCUT2D eigenvalue weighted by atomic mass is 16.2. The minimum Gasteiger partial charge on any atom is -0.362 e. The molecular weight excluding hydrogens is 390 g/mol. The van der Waals surface area contributed by atoms with Crippen molar-refractivity contribution in [2.75, 3.05) is 36.9 Å². The number of benzene rings is 1. The average molecular weight is 416 g/mol. The second-order valence-electron chi connectivity index (χ2n) is 7.96. The van der Waals surface area contributed by atoms with Crippen molar-refractivity contribution in [3.05, 3.63) is 52.8 Å². The Bertz CT molecular complexity index is 1200. The van der Waals surface area contributed by atoms with Crippen molar-refractivity contribution in [2.24, 2.45) is 0 Å². The van der Waals surface area contributed by atoms with Crippen LogP contribution in [0.25, 0.3) is 10.8 Å². The van der Waals surface area contributed by atoms with Crippen LogP contribution in [0.2, 0.25) is 0 Å². The topological polar surface area (TPSA) is 98.0 Å². The summed E-state index contributed by atoms with van der Waals surface area (Å²) in [6, 6.07) is 9.87. The number of carbonyl (C=O) groups is 1. The fraction of sp³-hybridized carbons (Fsp3) is 0.348. The third-order valence-corrected chi connectivity index (χ3v) is 5.93. The lowest BCUT2D eigenvalue weighted by Crippen LogP contribution is -2.48. The van der Waals surface area contributed by atoms with Gasteiger partial charge in [0, 0.05) is 37.1 Å². The number of aromatic nitrogens is 3. The maximum Gasteiger partial charge on any atom is 0.241 e. The second-order valence-corrected chi connectivity index (χ2v) is 7.96. The maximum atomic E-state index is 12.1. The Morgan fingerprint density at radius 2 is 2.00 bits per heavy atom. The molecule has 1 aliphatic heterocycles. The summed E-state index contributed by atoms with van der Waals surface area (Å²) in [5.41, 5.74) is 3.45. The molecule has 0 aliphatic carbocycles. The van der Waals surface area contributed by atoms with Crippen molar-refractivity contribution >= 4 is 28.3 Å². The van der Waals surface area contributed by atoms with E-state index in [2.05, 4.69) is 26.6 Å². The SMILES string of the molecule is Cc1c(C#N)cccc1[C@@H](C)Nc1nnc(C)c2cnc(N3CCN(C)C(=O)C3)cc12. The number of aryl methyl sites for hydroxylation is 1. The number of nitriles is 1. The molecule has 0 spiro atoms. The smallest absolute Gasteiger partial charge is 0.241 e. The van der Waals surface area contributed by atoms with E-state index in [0.29, 0.717) is 24.5 Å². The van der Waals surface area contributed by atoms with Gasteiger partial charge in [-0.25, -0.2) is 4.98 Å². The van der Waals surface area contributed by atoms with Gasteiger partial charge in [0.05, 0.1) is 29.9 Å². The van der Waals surface area contributed by atoms with Gasteiger partial charge in [-0.15, -0.1) is 5.10 Å². The number of nitrogens with one attached hydrogen (secondary N) is 1. The summed E-state index contributed by atoms with van der Waals surface area (Å²) in [6.07, 6.45) is 1.80. The number of likely N-dealkylation sites (N-methyl/N-ethyl adjacent to an activating group) is 1. The molecule has 4 rings (SSSR count). The Balaban J connectivity index is 1.70. The first-order valence-electron chi connectivity index (χ1n) is 10.3. The molecule has 0 bridgehead atoms. The molecule has 0 radical (unpaired) electrons. The minimum atomic E-state index is -0.0738. The number of piperazine rings is 1. The molecule has 0 unspecified atom stereocenters. The van der Waals surface area contributed by atoms with Crippen molar-refractivity contribution < 1.29 is 4.79 Å². The number of hydrogen-bond donors (Lipinski definition) is 1. The van der Waals surface area contributed by atoms with Crippen LogP contribution in [-0.4, -0.2) is 52.7 Å². The predicted molar refractivity (Wildman–Crippen MR) is 120 cm³/mol. The summed E-state index contributed by atoms with van der Waals surface area (Å²) in [5.74, 6) is 1.48. The van der Waals surface area contributed by atoms with E-state index in [-0.39, 0.29) is 11.9 Å². The number of rotatable bonds is 4. The van der Waals surface area contributed by atoms with Crippen molar-refractivity contribution in [3.8, 4) is 6.07 Å². The van der Waals surface area contributed by atoms with Crippen molar-refractivity contribution in [3.63, 3.8) is 0 Å². The fourth-order valence-electron chi connectivity index (χ4n) is 3.92. The lowest BCUT2D eigenvalue weighted by Gasteiger charge is -2.32. The molecule has 2 aromatic heterocycles. The molecule has 1 aromatic carbocycles. The van der Waals surface area contributed by atoms with Gasteiger partial charge < -0.3 is 15.1 Å². The van der Waals surface area contributed by atoms with Crippen molar-refractivity contribution in [1.82, 2.24) is 20.1 Å². The van der Waals surface area contributed by atoms with E-state index in [1.807, 2.05) is 57.0 Å². The first kappa shape index (κ1) is 20.5. The highest BCUT2D eigenvalue weighted by molar-refractivity contribution is 5.94. The molecule has 1 saturated heterocycles. The maximum absolute atomic E-state index is 12.1. The van der Waals surface area contributed by atoms with Gasteiger partial charge in [0.1, 0.15) is 5.82 Å². The van der Waals surface area contributed by atoms with E-state index in [0.717, 1.165) is 40.0 Å². The summed E-state index contributed by atoms with van der Waals surface area (Å²) in [5, 5.41) is 23.3. The van der Waals surface area contributed by atoms with Gasteiger partial charge in [0.15, 0.2) is 5.82 Å². The van der Waals surface area contributed by atoms with Gasteiger partial charge in [-0.05, 0) is 44.0 Å². The monoisotopic (exact) mass is 415 g/mol. The summed E-state index contributed by atoms with van der Waals surface area (Å²) >= 11 is 0.